The van der Waals surface area contributed by atoms with Crippen LogP contribution in [0.1, 0.15) is 44.6 Å². The second-order valence-corrected chi connectivity index (χ2v) is 4.58. The van der Waals surface area contributed by atoms with Crippen LogP contribution < -0.4 is 0 Å². The van der Waals surface area contributed by atoms with Gasteiger partial charge in [0, 0.05) is 5.56 Å². The molecule has 1 nitrogen and oxygen atoms in total. The summed E-state index contributed by atoms with van der Waals surface area (Å²) >= 11 is 0. The van der Waals surface area contributed by atoms with Gasteiger partial charge in [-0.15, -0.1) is 0 Å². The average Bonchev–Trinajstić information content (AvgIpc) is 3.12. The molecule has 0 aromatic heterocycles. The van der Waals surface area contributed by atoms with Gasteiger partial charge >= 0.3 is 0 Å². The van der Waals surface area contributed by atoms with E-state index in [-0.39, 0.29) is 6.10 Å². The summed E-state index contributed by atoms with van der Waals surface area (Å²) in [5.74, 6) is 6.35. The van der Waals surface area contributed by atoms with Crippen LogP contribution in [-0.2, 0) is 4.74 Å². The maximum absolute atomic E-state index is 5.55. The van der Waals surface area contributed by atoms with Gasteiger partial charge in [-0.25, -0.2) is 0 Å². The van der Waals surface area contributed by atoms with E-state index in [2.05, 4.69) is 18.8 Å². The minimum absolute atomic E-state index is 0.192. The standard InChI is InChI=1S/C16H20O/c1-2-3-4-8-11-15-16(17-15)13-12-14-9-6-5-7-10-14/h5-7,9-10,15-16H,2-4,8,11H2,1H3/t15-,16-/m1/s1. The molecule has 1 fully saturated rings. The molecule has 1 aliphatic rings. The lowest BCUT2D eigenvalue weighted by molar-refractivity contribution is 0.375. The molecule has 0 N–H and O–H groups in total. The first-order valence-electron chi connectivity index (χ1n) is 6.62. The molecule has 17 heavy (non-hydrogen) atoms. The molecular weight excluding hydrogens is 208 g/mol. The normalized spacial score (nSPS) is 21.7. The van der Waals surface area contributed by atoms with E-state index in [1.165, 1.54) is 32.1 Å². The predicted octanol–water partition coefficient (Wildman–Crippen LogP) is 3.78. The summed E-state index contributed by atoms with van der Waals surface area (Å²) in [6.45, 7) is 2.24. The number of hydrogen-bond acceptors (Lipinski definition) is 1. The fourth-order valence-electron chi connectivity index (χ4n) is 1.94. The Bertz CT molecular complexity index is 385. The first-order valence-corrected chi connectivity index (χ1v) is 6.62. The van der Waals surface area contributed by atoms with Gasteiger partial charge in [-0.05, 0) is 18.6 Å². The fraction of sp³-hybridized carbons (Fsp3) is 0.500. The summed E-state index contributed by atoms with van der Waals surface area (Å²) < 4.78 is 5.55. The molecule has 0 amide bonds. The summed E-state index contributed by atoms with van der Waals surface area (Å²) in [7, 11) is 0. The molecule has 0 radical (unpaired) electrons. The first-order chi connectivity index (χ1) is 8.40. The van der Waals surface area contributed by atoms with Gasteiger partial charge in [-0.2, -0.15) is 0 Å². The number of rotatable bonds is 5. The van der Waals surface area contributed by atoms with Crippen LogP contribution in [-0.4, -0.2) is 12.2 Å². The molecule has 0 bridgehead atoms. The van der Waals surface area contributed by atoms with Crippen molar-refractivity contribution >= 4 is 0 Å². The third-order valence-corrected chi connectivity index (χ3v) is 3.06. The average molecular weight is 228 g/mol. The van der Waals surface area contributed by atoms with E-state index in [0.29, 0.717) is 6.10 Å². The second-order valence-electron chi connectivity index (χ2n) is 4.58. The van der Waals surface area contributed by atoms with Crippen molar-refractivity contribution in [2.45, 2.75) is 51.2 Å². The van der Waals surface area contributed by atoms with Gasteiger partial charge in [0.15, 0.2) is 0 Å². The lowest BCUT2D eigenvalue weighted by atomic mass is 10.1. The first kappa shape index (κ1) is 12.2. The van der Waals surface area contributed by atoms with E-state index in [1.807, 2.05) is 30.3 Å². The maximum Gasteiger partial charge on any atom is 0.145 e. The second kappa shape index (κ2) is 6.47. The van der Waals surface area contributed by atoms with Crippen LogP contribution in [0.15, 0.2) is 30.3 Å². The molecule has 0 spiro atoms. The van der Waals surface area contributed by atoms with Crippen LogP contribution in [0, 0.1) is 11.8 Å². The minimum atomic E-state index is 0.192. The van der Waals surface area contributed by atoms with E-state index in [9.17, 15) is 0 Å². The Morgan fingerprint density at radius 3 is 2.71 bits per heavy atom. The summed E-state index contributed by atoms with van der Waals surface area (Å²) in [5, 5.41) is 0. The third kappa shape index (κ3) is 4.24. The van der Waals surface area contributed by atoms with E-state index in [1.54, 1.807) is 0 Å². The Kier molecular flexibility index (Phi) is 4.64. The Balaban J connectivity index is 1.68. The van der Waals surface area contributed by atoms with Crippen LogP contribution in [0.2, 0.25) is 0 Å². The molecule has 2 rings (SSSR count). The third-order valence-electron chi connectivity index (χ3n) is 3.06. The van der Waals surface area contributed by atoms with Crippen molar-refractivity contribution in [2.24, 2.45) is 0 Å². The zero-order valence-electron chi connectivity index (χ0n) is 10.5. The quantitative estimate of drug-likeness (QED) is 0.424. The van der Waals surface area contributed by atoms with Crippen molar-refractivity contribution < 1.29 is 4.74 Å². The SMILES string of the molecule is CCCCCC[C@H]1O[C@@H]1C#Cc1ccccc1. The molecule has 90 valence electrons. The van der Waals surface area contributed by atoms with Crippen molar-refractivity contribution in [3.63, 3.8) is 0 Å². The topological polar surface area (TPSA) is 12.5 Å². The highest BCUT2D eigenvalue weighted by molar-refractivity contribution is 5.35. The van der Waals surface area contributed by atoms with Crippen molar-refractivity contribution in [1.29, 1.82) is 0 Å². The summed E-state index contributed by atoms with van der Waals surface area (Å²) in [6, 6.07) is 10.1. The number of unbranched alkanes of at least 4 members (excludes halogenated alkanes) is 3. The molecular formula is C16H20O. The fourth-order valence-corrected chi connectivity index (χ4v) is 1.94. The van der Waals surface area contributed by atoms with E-state index >= 15 is 0 Å². The van der Waals surface area contributed by atoms with E-state index < -0.39 is 0 Å². The Hall–Kier alpha value is -1.26. The number of benzene rings is 1. The number of hydrogen-bond donors (Lipinski definition) is 0. The molecule has 2 atom stereocenters. The highest BCUT2D eigenvalue weighted by Gasteiger charge is 2.36. The van der Waals surface area contributed by atoms with Crippen LogP contribution in [0.4, 0.5) is 0 Å². The number of epoxide rings is 1. The predicted molar refractivity (Wildman–Crippen MR) is 70.7 cm³/mol. The van der Waals surface area contributed by atoms with Gasteiger partial charge in [-0.1, -0.05) is 62.6 Å². The highest BCUT2D eigenvalue weighted by Crippen LogP contribution is 2.26. The molecule has 1 heteroatoms. The van der Waals surface area contributed by atoms with Crippen molar-refractivity contribution in [3.8, 4) is 11.8 Å². The van der Waals surface area contributed by atoms with Crippen LogP contribution in [0.25, 0.3) is 0 Å². The van der Waals surface area contributed by atoms with Gasteiger partial charge < -0.3 is 4.74 Å². The molecule has 1 aromatic carbocycles. The lowest BCUT2D eigenvalue weighted by Gasteiger charge is -1.94. The smallest absolute Gasteiger partial charge is 0.145 e. The lowest BCUT2D eigenvalue weighted by Crippen LogP contribution is -1.91. The Labute approximate surface area is 104 Å². The molecule has 0 unspecified atom stereocenters. The maximum atomic E-state index is 5.55. The zero-order chi connectivity index (χ0) is 11.9. The van der Waals surface area contributed by atoms with Crippen LogP contribution >= 0.6 is 0 Å². The largest absolute Gasteiger partial charge is 0.356 e. The molecule has 1 aliphatic heterocycles. The monoisotopic (exact) mass is 228 g/mol. The summed E-state index contributed by atoms with van der Waals surface area (Å²) in [4.78, 5) is 0. The Morgan fingerprint density at radius 1 is 1.12 bits per heavy atom. The van der Waals surface area contributed by atoms with Crippen molar-refractivity contribution in [1.82, 2.24) is 0 Å². The molecule has 1 aromatic rings. The van der Waals surface area contributed by atoms with E-state index in [0.717, 1.165) is 5.56 Å². The van der Waals surface area contributed by atoms with E-state index in [4.69, 9.17) is 4.74 Å². The van der Waals surface area contributed by atoms with Gasteiger partial charge in [0.2, 0.25) is 0 Å². The van der Waals surface area contributed by atoms with Gasteiger partial charge in [0.05, 0.1) is 6.10 Å². The number of ether oxygens (including phenoxy) is 1. The van der Waals surface area contributed by atoms with Crippen LogP contribution in [0.5, 0.6) is 0 Å². The molecule has 1 saturated heterocycles. The van der Waals surface area contributed by atoms with Crippen molar-refractivity contribution in [3.05, 3.63) is 35.9 Å². The summed E-state index contributed by atoms with van der Waals surface area (Å²) in [6.07, 6.45) is 7.01. The highest BCUT2D eigenvalue weighted by atomic mass is 16.6. The van der Waals surface area contributed by atoms with Crippen LogP contribution in [0.3, 0.4) is 0 Å². The molecule has 0 saturated carbocycles. The van der Waals surface area contributed by atoms with Crippen molar-refractivity contribution in [2.75, 3.05) is 0 Å². The van der Waals surface area contributed by atoms with Gasteiger partial charge in [0.1, 0.15) is 6.10 Å². The summed E-state index contributed by atoms with van der Waals surface area (Å²) in [5.41, 5.74) is 1.08. The minimum Gasteiger partial charge on any atom is -0.356 e. The Morgan fingerprint density at radius 2 is 1.94 bits per heavy atom. The molecule has 1 heterocycles. The zero-order valence-corrected chi connectivity index (χ0v) is 10.5. The van der Waals surface area contributed by atoms with Gasteiger partial charge in [0.25, 0.3) is 0 Å². The van der Waals surface area contributed by atoms with Gasteiger partial charge in [-0.3, -0.25) is 0 Å². The molecule has 0 aliphatic carbocycles.